The third-order valence-corrected chi connectivity index (χ3v) is 11.9. The van der Waals surface area contributed by atoms with Crippen LogP contribution in [0.4, 0.5) is 5.69 Å². The summed E-state index contributed by atoms with van der Waals surface area (Å²) in [6.45, 7) is 8.66. The van der Waals surface area contributed by atoms with Crippen LogP contribution >= 0.6 is 0 Å². The molecule has 0 fully saturated rings. The van der Waals surface area contributed by atoms with Crippen LogP contribution < -0.4 is 9.46 Å². The van der Waals surface area contributed by atoms with E-state index in [2.05, 4.69) is 9.88 Å². The summed E-state index contributed by atoms with van der Waals surface area (Å²) in [5, 5.41) is 14.0. The highest BCUT2D eigenvalue weighted by Crippen LogP contribution is 2.30. The first-order chi connectivity index (χ1) is 22.6. The molecule has 0 saturated heterocycles. The molecule has 1 amide bonds. The van der Waals surface area contributed by atoms with E-state index in [-0.39, 0.29) is 70.0 Å². The number of nitrogens with zero attached hydrogens (tertiary/aromatic N) is 3. The van der Waals surface area contributed by atoms with Crippen LogP contribution in [0.2, 0.25) is 0 Å². The number of aromatic nitrogens is 1. The third kappa shape index (κ3) is 8.74. The van der Waals surface area contributed by atoms with Gasteiger partial charge in [-0.3, -0.25) is 9.52 Å². The van der Waals surface area contributed by atoms with Gasteiger partial charge in [-0.1, -0.05) is 30.3 Å². The number of hydrogen-bond donors (Lipinski definition) is 2. The molecule has 0 unspecified atom stereocenters. The van der Waals surface area contributed by atoms with Crippen molar-refractivity contribution in [3.05, 3.63) is 65.5 Å². The molecule has 1 aliphatic heterocycles. The van der Waals surface area contributed by atoms with Crippen LogP contribution in [0, 0.1) is 19.8 Å². The van der Waals surface area contributed by atoms with Crippen molar-refractivity contribution >= 4 is 31.6 Å². The van der Waals surface area contributed by atoms with Crippen molar-refractivity contribution in [1.82, 2.24) is 14.4 Å². The second-order valence-electron chi connectivity index (χ2n) is 12.4. The van der Waals surface area contributed by atoms with Gasteiger partial charge in [0.1, 0.15) is 11.4 Å². The first-order valence-electron chi connectivity index (χ1n) is 16.0. The van der Waals surface area contributed by atoms with Crippen LogP contribution in [-0.4, -0.2) is 93.8 Å². The minimum Gasteiger partial charge on any atom is -0.490 e. The first-order valence-corrected chi connectivity index (χ1v) is 18.9. The van der Waals surface area contributed by atoms with E-state index < -0.39 is 38.1 Å². The number of aliphatic hydroxyl groups is 1. The van der Waals surface area contributed by atoms with Crippen molar-refractivity contribution in [3.63, 3.8) is 0 Å². The Labute approximate surface area is 283 Å². The van der Waals surface area contributed by atoms with Gasteiger partial charge < -0.3 is 24.0 Å². The molecule has 0 saturated carbocycles. The Morgan fingerprint density at radius 1 is 1.08 bits per heavy atom. The number of ether oxygens (including phenoxy) is 2. The Kier molecular flexibility index (Phi) is 12.3. The Balaban J connectivity index is 1.69. The summed E-state index contributed by atoms with van der Waals surface area (Å²) in [6.07, 6.45) is 1.24. The van der Waals surface area contributed by atoms with Gasteiger partial charge in [-0.05, 0) is 77.3 Å². The minimum atomic E-state index is -4.11. The van der Waals surface area contributed by atoms with Crippen molar-refractivity contribution in [1.29, 1.82) is 0 Å². The molecule has 4 rings (SSSR count). The van der Waals surface area contributed by atoms with Gasteiger partial charge >= 0.3 is 0 Å². The Morgan fingerprint density at radius 2 is 1.79 bits per heavy atom. The maximum Gasteiger partial charge on any atom is 0.267 e. The lowest BCUT2D eigenvalue weighted by Crippen LogP contribution is -2.48. The van der Waals surface area contributed by atoms with E-state index in [0.29, 0.717) is 19.4 Å². The second kappa shape index (κ2) is 15.8. The summed E-state index contributed by atoms with van der Waals surface area (Å²) in [5.74, 6) is -0.467. The zero-order valence-electron chi connectivity index (χ0n) is 28.2. The zero-order chi connectivity index (χ0) is 35.2. The lowest BCUT2D eigenvalue weighted by Gasteiger charge is -2.35. The van der Waals surface area contributed by atoms with E-state index in [1.54, 1.807) is 31.2 Å². The van der Waals surface area contributed by atoms with Crippen molar-refractivity contribution in [3.8, 4) is 5.75 Å². The van der Waals surface area contributed by atoms with Gasteiger partial charge in [0, 0.05) is 38.3 Å². The molecule has 2 aromatic carbocycles. The standard InChI is InChI=1S/C33H46N4O9S2/c1-22-19-37(23(2)21-38)33(39)29-18-27(35-47(40,41)32-25(4)34-46-26(32)5)15-16-30(29)45-24(3)12-10-11-17-44-31(22)20-36(6)48(42,43)28-13-8-7-9-14-28/h7-9,13-16,18,22-24,31,35,38H,10-12,17,19-21H2,1-6H3/t22-,23-,24+,31-/m1/s1. The number of benzene rings is 2. The summed E-state index contributed by atoms with van der Waals surface area (Å²) in [5.41, 5.74) is 0.423. The van der Waals surface area contributed by atoms with Crippen LogP contribution in [0.15, 0.2) is 62.8 Å². The predicted molar refractivity (Wildman–Crippen MR) is 180 cm³/mol. The summed E-state index contributed by atoms with van der Waals surface area (Å²) in [7, 11) is -6.41. The SMILES string of the molecule is Cc1noc(C)c1S(=O)(=O)Nc1ccc2c(c1)C(=O)N([C@H](C)CO)C[C@@H](C)[C@@H](CN(C)S(=O)(=O)c1ccccc1)OCCCC[C@H](C)O2. The monoisotopic (exact) mass is 706 g/mol. The normalized spacial score (nSPS) is 20.9. The summed E-state index contributed by atoms with van der Waals surface area (Å²) >= 11 is 0. The van der Waals surface area contributed by atoms with Crippen LogP contribution in [0.5, 0.6) is 5.75 Å². The minimum absolute atomic E-state index is 0.0393. The number of rotatable bonds is 9. The van der Waals surface area contributed by atoms with Gasteiger partial charge in [0.25, 0.3) is 15.9 Å². The van der Waals surface area contributed by atoms with Crippen LogP contribution in [0.3, 0.4) is 0 Å². The second-order valence-corrected chi connectivity index (χ2v) is 16.0. The molecule has 0 radical (unpaired) electrons. The number of amides is 1. The molecule has 2 N–H and O–H groups in total. The van der Waals surface area contributed by atoms with E-state index in [9.17, 15) is 26.7 Å². The average Bonchev–Trinajstić information content (AvgIpc) is 3.40. The molecule has 48 heavy (non-hydrogen) atoms. The lowest BCUT2D eigenvalue weighted by molar-refractivity contribution is -0.00833. The van der Waals surface area contributed by atoms with Gasteiger partial charge in [-0.2, -0.15) is 4.31 Å². The molecule has 264 valence electrons. The molecule has 1 aliphatic rings. The van der Waals surface area contributed by atoms with Crippen LogP contribution in [-0.2, 0) is 24.8 Å². The molecule has 0 spiro atoms. The van der Waals surface area contributed by atoms with E-state index in [4.69, 9.17) is 14.0 Å². The average molecular weight is 707 g/mol. The Morgan fingerprint density at radius 3 is 2.44 bits per heavy atom. The maximum absolute atomic E-state index is 14.4. The fraction of sp³-hybridized carbons (Fsp3) is 0.515. The molecule has 15 heteroatoms. The van der Waals surface area contributed by atoms with Gasteiger partial charge in [-0.15, -0.1) is 0 Å². The molecule has 4 atom stereocenters. The smallest absolute Gasteiger partial charge is 0.267 e. The molecule has 1 aromatic heterocycles. The molecular weight excluding hydrogens is 661 g/mol. The van der Waals surface area contributed by atoms with Gasteiger partial charge in [0.2, 0.25) is 10.0 Å². The van der Waals surface area contributed by atoms with Gasteiger partial charge in [-0.25, -0.2) is 16.8 Å². The number of anilines is 1. The number of carbonyl (C=O) groups excluding carboxylic acids is 1. The summed E-state index contributed by atoms with van der Waals surface area (Å²) in [4.78, 5) is 15.9. The maximum atomic E-state index is 14.4. The molecule has 2 heterocycles. The fourth-order valence-corrected chi connectivity index (χ4v) is 8.22. The van der Waals surface area contributed by atoms with Crippen molar-refractivity contribution < 1.29 is 40.7 Å². The Bertz CT molecular complexity index is 1740. The summed E-state index contributed by atoms with van der Waals surface area (Å²) < 4.78 is 74.7. The molecule has 0 aliphatic carbocycles. The third-order valence-electron chi connectivity index (χ3n) is 8.43. The number of fused-ring (bicyclic) bond motifs is 1. The number of nitrogens with one attached hydrogen (secondary N) is 1. The van der Waals surface area contributed by atoms with Crippen molar-refractivity contribution in [2.75, 3.05) is 38.1 Å². The predicted octanol–water partition coefficient (Wildman–Crippen LogP) is 4.21. The highest BCUT2D eigenvalue weighted by molar-refractivity contribution is 7.92. The van der Waals surface area contributed by atoms with Gasteiger partial charge in [0.15, 0.2) is 10.7 Å². The highest BCUT2D eigenvalue weighted by Gasteiger charge is 2.33. The number of aryl methyl sites for hydroxylation is 2. The molecular formula is C33H46N4O9S2. The molecule has 13 nitrogen and oxygen atoms in total. The fourth-order valence-electron chi connectivity index (χ4n) is 5.64. The summed E-state index contributed by atoms with van der Waals surface area (Å²) in [6, 6.07) is 12.0. The van der Waals surface area contributed by atoms with Gasteiger partial charge in [0.05, 0.1) is 35.3 Å². The number of carbonyl (C=O) groups is 1. The quantitative estimate of drug-likeness (QED) is 0.329. The first kappa shape index (κ1) is 37.3. The molecule has 3 aromatic rings. The van der Waals surface area contributed by atoms with E-state index >= 15 is 0 Å². The van der Waals surface area contributed by atoms with Crippen molar-refractivity contribution in [2.45, 2.75) is 81.9 Å². The van der Waals surface area contributed by atoms with E-state index in [0.717, 1.165) is 6.42 Å². The zero-order valence-corrected chi connectivity index (χ0v) is 29.9. The largest absolute Gasteiger partial charge is 0.490 e. The highest BCUT2D eigenvalue weighted by atomic mass is 32.2. The number of likely N-dealkylation sites (N-methyl/N-ethyl adjacent to an activating group) is 1. The number of aliphatic hydroxyl groups excluding tert-OH is 1. The topological polar surface area (TPSA) is 169 Å². The van der Waals surface area contributed by atoms with E-state index in [1.807, 2.05) is 13.8 Å². The van der Waals surface area contributed by atoms with Crippen LogP contribution in [0.1, 0.15) is 61.8 Å². The number of sulfonamides is 2. The van der Waals surface area contributed by atoms with Crippen molar-refractivity contribution in [2.24, 2.45) is 5.92 Å². The Hall–Kier alpha value is -3.50. The lowest BCUT2D eigenvalue weighted by atomic mass is 10.0. The van der Waals surface area contributed by atoms with E-state index in [1.165, 1.54) is 54.4 Å². The molecule has 0 bridgehead atoms. The van der Waals surface area contributed by atoms with Crippen LogP contribution in [0.25, 0.3) is 0 Å². The number of hydrogen-bond acceptors (Lipinski definition) is 10.